The van der Waals surface area contributed by atoms with Gasteiger partial charge in [0, 0.05) is 66.4 Å². The Kier molecular flexibility index (Phi) is 15.8. The number of H-pyrrole nitrogens is 1. The van der Waals surface area contributed by atoms with Crippen LogP contribution in [-0.4, -0.2) is 140 Å². The second-order valence-electron chi connectivity index (χ2n) is 20.8. The largest absolute Gasteiger partial charge is 0.492 e. The molecule has 3 fully saturated rings. The predicted octanol–water partition coefficient (Wildman–Crippen LogP) is 6.51. The highest BCUT2D eigenvalue weighted by Gasteiger charge is 2.42. The fourth-order valence-corrected chi connectivity index (χ4v) is 12.1. The van der Waals surface area contributed by atoms with Gasteiger partial charge >= 0.3 is 0 Å². The van der Waals surface area contributed by atoms with Crippen molar-refractivity contribution in [2.45, 2.75) is 108 Å². The van der Waals surface area contributed by atoms with Crippen molar-refractivity contribution in [1.29, 1.82) is 0 Å². The molecule has 0 aliphatic carbocycles. The Balaban J connectivity index is 0.806. The second-order valence-corrected chi connectivity index (χ2v) is 24.4. The van der Waals surface area contributed by atoms with Gasteiger partial charge in [-0.15, -0.1) is 11.3 Å². The van der Waals surface area contributed by atoms with E-state index in [0.29, 0.717) is 90.9 Å². The van der Waals surface area contributed by atoms with Gasteiger partial charge in [0.25, 0.3) is 5.91 Å². The van der Waals surface area contributed by atoms with E-state index in [0.717, 1.165) is 30.5 Å². The Labute approximate surface area is 445 Å². The lowest BCUT2D eigenvalue weighted by atomic mass is 9.88. The number of sulfone groups is 1. The van der Waals surface area contributed by atoms with Crippen molar-refractivity contribution < 1.29 is 36.7 Å². The smallest absolute Gasteiger partial charge is 0.274 e. The molecule has 3 aliphatic heterocycles. The van der Waals surface area contributed by atoms with Gasteiger partial charge in [-0.25, -0.2) is 37.7 Å². The standard InChI is InChI=1S/C53H64FN13O7S2/c1-30-31(2)63-64-47(30)62-48-37-23-43(76(72,73)53(4,5)6)42(24-38(37)58-29-59-48)74-27-33-14-19-65(20-15-33)44-26-56-39(25-57-44)51(70)66-21-16-34(17-22-66)45(61-49(69)32(3)55-7)52(71)67-18-8-9-41(67)50-60-40(28-75-50)46(68)35-10-12-36(54)13-11-35/h10-13,23-26,28-29,32-34,41,45,55H,8-9,14-22,27H2,1-7H3,(H,61,69)(H2,58,59,62,63,64)/t32?,41-,45?/m0/s1. The Morgan fingerprint density at radius 3 is 2.30 bits per heavy atom. The number of aromatic amines is 1. The van der Waals surface area contributed by atoms with Gasteiger partial charge in [0.05, 0.1) is 41.3 Å². The van der Waals surface area contributed by atoms with Crippen LogP contribution in [0.25, 0.3) is 10.9 Å². The number of nitrogens with one attached hydrogen (secondary N) is 4. The zero-order chi connectivity index (χ0) is 54.1. The molecular weight excluding hydrogens is 1010 g/mol. The van der Waals surface area contributed by atoms with Gasteiger partial charge in [-0.1, -0.05) is 0 Å². The highest BCUT2D eigenvalue weighted by Crippen LogP contribution is 2.39. The maximum absolute atomic E-state index is 14.6. The van der Waals surface area contributed by atoms with Crippen LogP contribution in [0.3, 0.4) is 0 Å². The number of piperidine rings is 2. The summed E-state index contributed by atoms with van der Waals surface area (Å²) >= 11 is 1.30. The molecule has 0 saturated carbocycles. The first-order valence-corrected chi connectivity index (χ1v) is 28.0. The molecule has 3 amide bonds. The molecule has 4 aromatic heterocycles. The number of halogens is 1. The molecule has 3 aliphatic rings. The van der Waals surface area contributed by atoms with E-state index in [1.165, 1.54) is 48.1 Å². The maximum atomic E-state index is 14.6. The number of amides is 3. The number of nitrogens with zero attached hydrogens (tertiary/aromatic N) is 9. The highest BCUT2D eigenvalue weighted by atomic mass is 32.2. The third kappa shape index (κ3) is 11.3. The molecule has 6 aromatic rings. The summed E-state index contributed by atoms with van der Waals surface area (Å²) in [6, 6.07) is 6.75. The minimum absolute atomic E-state index is 0.0610. The Hall–Kier alpha value is -6.98. The average molecular weight is 1080 g/mol. The zero-order valence-electron chi connectivity index (χ0n) is 43.7. The molecule has 0 bridgehead atoms. The number of likely N-dealkylation sites (N-methyl/N-ethyl adjacent to an activating group) is 1. The number of aryl methyl sites for hydroxylation is 1. The number of likely N-dealkylation sites (tertiary alicyclic amines) is 2. The summed E-state index contributed by atoms with van der Waals surface area (Å²) in [6.45, 7) is 13.3. The number of hydrogen-bond acceptors (Lipinski definition) is 17. The first kappa shape index (κ1) is 53.8. The molecule has 76 heavy (non-hydrogen) atoms. The molecule has 3 saturated heterocycles. The van der Waals surface area contributed by atoms with Crippen LogP contribution in [0.2, 0.25) is 0 Å². The summed E-state index contributed by atoms with van der Waals surface area (Å²) in [5.74, 6) is 0.115. The van der Waals surface area contributed by atoms with Crippen molar-refractivity contribution in [3.8, 4) is 5.75 Å². The molecule has 23 heteroatoms. The van der Waals surface area contributed by atoms with Gasteiger partial charge in [0.15, 0.2) is 15.7 Å². The van der Waals surface area contributed by atoms with Gasteiger partial charge in [-0.3, -0.25) is 24.3 Å². The summed E-state index contributed by atoms with van der Waals surface area (Å²) in [7, 11) is -2.19. The first-order valence-electron chi connectivity index (χ1n) is 25.7. The lowest BCUT2D eigenvalue weighted by molar-refractivity contribution is -0.139. The number of carbonyl (C=O) groups is 4. The number of anilines is 3. The number of benzene rings is 2. The van der Waals surface area contributed by atoms with Crippen LogP contribution in [0.4, 0.5) is 21.8 Å². The summed E-state index contributed by atoms with van der Waals surface area (Å²) in [6.07, 6.45) is 8.29. The van der Waals surface area contributed by atoms with E-state index in [1.807, 2.05) is 13.8 Å². The Morgan fingerprint density at radius 2 is 1.64 bits per heavy atom. The van der Waals surface area contributed by atoms with Crippen LogP contribution < -0.4 is 25.6 Å². The minimum atomic E-state index is -3.87. The summed E-state index contributed by atoms with van der Waals surface area (Å²) < 4.78 is 46.9. The fraction of sp³-hybridized carbons (Fsp3) is 0.472. The molecule has 20 nitrogen and oxygen atoms in total. The zero-order valence-corrected chi connectivity index (χ0v) is 45.4. The van der Waals surface area contributed by atoms with Crippen LogP contribution in [0.1, 0.15) is 115 Å². The summed E-state index contributed by atoms with van der Waals surface area (Å²) in [5.41, 5.74) is 3.06. The van der Waals surface area contributed by atoms with E-state index in [2.05, 4.69) is 56.0 Å². The minimum Gasteiger partial charge on any atom is -0.492 e. The highest BCUT2D eigenvalue weighted by molar-refractivity contribution is 7.92. The van der Waals surface area contributed by atoms with E-state index in [1.54, 1.807) is 68.3 Å². The normalized spacial score (nSPS) is 17.7. The van der Waals surface area contributed by atoms with E-state index >= 15 is 0 Å². The van der Waals surface area contributed by atoms with Gasteiger partial charge < -0.3 is 35.4 Å². The number of fused-ring (bicyclic) bond motifs is 1. The van der Waals surface area contributed by atoms with E-state index in [4.69, 9.17) is 4.74 Å². The maximum Gasteiger partial charge on any atom is 0.274 e. The number of thiazole rings is 1. The number of ketones is 1. The molecule has 4 N–H and O–H groups in total. The number of carbonyl (C=O) groups excluding carboxylic acids is 4. The van der Waals surface area contributed by atoms with Crippen molar-refractivity contribution >= 4 is 73.0 Å². The van der Waals surface area contributed by atoms with Gasteiger partial charge in [-0.05, 0) is 129 Å². The second kappa shape index (κ2) is 22.3. The molecule has 2 unspecified atom stereocenters. The number of aromatic nitrogens is 7. The first-order chi connectivity index (χ1) is 36.3. The summed E-state index contributed by atoms with van der Waals surface area (Å²) in [5, 5.41) is 19.3. The van der Waals surface area contributed by atoms with Crippen LogP contribution >= 0.6 is 11.3 Å². The SMILES string of the molecule is CNC(C)C(=O)NC(C(=O)N1CCC[C@H]1c1nc(C(=O)c2ccc(F)cc2)cs1)C1CCN(C(=O)c2cnc(N3CCC(COc4cc5ncnc(Nc6n[nH]c(C)c6C)c5cc4S(=O)(=O)C(C)(C)C)CC3)cn2)CC1. The van der Waals surface area contributed by atoms with Crippen molar-refractivity contribution in [2.75, 3.05) is 56.6 Å². The Morgan fingerprint density at radius 1 is 0.908 bits per heavy atom. The van der Waals surface area contributed by atoms with Gasteiger partial charge in [0.1, 0.15) is 56.9 Å². The van der Waals surface area contributed by atoms with Crippen LogP contribution in [0, 0.1) is 31.5 Å². The van der Waals surface area contributed by atoms with Crippen molar-refractivity contribution in [3.63, 3.8) is 0 Å². The average Bonchev–Trinajstić information content (AvgIpc) is 4.21. The number of rotatable bonds is 16. The predicted molar refractivity (Wildman–Crippen MR) is 285 cm³/mol. The lowest BCUT2D eigenvalue weighted by Crippen LogP contribution is -2.57. The molecule has 0 spiro atoms. The van der Waals surface area contributed by atoms with E-state index in [-0.39, 0.29) is 70.0 Å². The van der Waals surface area contributed by atoms with E-state index in [9.17, 15) is 32.0 Å². The van der Waals surface area contributed by atoms with Crippen LogP contribution in [0.15, 0.2) is 65.4 Å². The third-order valence-electron chi connectivity index (χ3n) is 14.9. The number of ether oxygens (including phenoxy) is 1. The van der Waals surface area contributed by atoms with Crippen molar-refractivity contribution in [1.82, 2.24) is 55.6 Å². The lowest BCUT2D eigenvalue weighted by Gasteiger charge is -2.38. The van der Waals surface area contributed by atoms with E-state index < -0.39 is 32.5 Å². The quantitative estimate of drug-likeness (QED) is 0.0755. The molecule has 9 rings (SSSR count). The molecule has 7 heterocycles. The molecule has 2 aromatic carbocycles. The topological polar surface area (TPSA) is 251 Å². The Bertz CT molecular complexity index is 3220. The van der Waals surface area contributed by atoms with Gasteiger partial charge in [-0.2, -0.15) is 5.10 Å². The van der Waals surface area contributed by atoms with Crippen LogP contribution in [-0.2, 0) is 19.4 Å². The monoisotopic (exact) mass is 1080 g/mol. The molecular formula is C53H64FN13O7S2. The van der Waals surface area contributed by atoms with Crippen molar-refractivity contribution in [3.05, 3.63) is 99.5 Å². The summed E-state index contributed by atoms with van der Waals surface area (Å²) in [4.78, 5) is 83.3. The van der Waals surface area contributed by atoms with Crippen LogP contribution in [0.5, 0.6) is 5.75 Å². The molecule has 0 radical (unpaired) electrons. The molecule has 402 valence electrons. The van der Waals surface area contributed by atoms with Crippen molar-refractivity contribution in [2.24, 2.45) is 11.8 Å². The van der Waals surface area contributed by atoms with Gasteiger partial charge in [0.2, 0.25) is 17.6 Å². The molecule has 3 atom stereocenters. The third-order valence-corrected chi connectivity index (χ3v) is 18.4. The number of hydrogen-bond donors (Lipinski definition) is 4. The fourth-order valence-electron chi connectivity index (χ4n) is 9.81.